The van der Waals surface area contributed by atoms with Gasteiger partial charge in [-0.25, -0.2) is 9.59 Å². The molecule has 0 aliphatic heterocycles. The number of thioether (sulfide) groups is 1. The Labute approximate surface area is 332 Å². The minimum Gasteiger partial charge on any atom is -0.460 e. The van der Waals surface area contributed by atoms with Gasteiger partial charge in [-0.1, -0.05) is 97.4 Å². The van der Waals surface area contributed by atoms with E-state index in [1.165, 1.54) is 47.5 Å². The van der Waals surface area contributed by atoms with Gasteiger partial charge in [0.1, 0.15) is 11.6 Å². The number of nitrogens with zero attached hydrogens (tertiary/aromatic N) is 2. The topological polar surface area (TPSA) is 149 Å². The van der Waals surface area contributed by atoms with Crippen LogP contribution in [0.15, 0.2) is 105 Å². The number of likely N-dealkylation sites (N-methyl/N-ethyl adjacent to an activating group) is 2. The van der Waals surface area contributed by atoms with Crippen molar-refractivity contribution in [3.8, 4) is 0 Å². The smallest absolute Gasteiger partial charge is 0.460 e. The predicted octanol–water partition coefficient (Wildman–Crippen LogP) is 7.07. The third-order valence-corrected chi connectivity index (χ3v) is 10.7. The van der Waals surface area contributed by atoms with Gasteiger partial charge in [0.25, 0.3) is 0 Å². The summed E-state index contributed by atoms with van der Waals surface area (Å²) >= 11 is 1.88. The van der Waals surface area contributed by atoms with E-state index < -0.39 is 40.2 Å². The summed E-state index contributed by atoms with van der Waals surface area (Å²) in [5, 5.41) is 2.73. The van der Waals surface area contributed by atoms with E-state index >= 15 is 0 Å². The Kier molecular flexibility index (Phi) is 16.0. The van der Waals surface area contributed by atoms with Crippen LogP contribution in [0.25, 0.3) is 0 Å². The summed E-state index contributed by atoms with van der Waals surface area (Å²) in [4.78, 5) is 66.0. The molecule has 1 atom stereocenters. The zero-order chi connectivity index (χ0) is 40.7. The summed E-state index contributed by atoms with van der Waals surface area (Å²) in [6, 6.07) is 30.4. The number of carbonyl (C=O) groups excluding carboxylic acids is 4. The lowest BCUT2D eigenvalue weighted by Gasteiger charge is -2.35. The third kappa shape index (κ3) is 12.4. The molecule has 56 heavy (non-hydrogen) atoms. The van der Waals surface area contributed by atoms with Crippen LogP contribution in [-0.4, -0.2) is 78.3 Å². The highest BCUT2D eigenvalue weighted by Crippen LogP contribution is 2.48. The van der Waals surface area contributed by atoms with E-state index in [0.717, 1.165) is 18.6 Å². The first-order chi connectivity index (χ1) is 26.7. The van der Waals surface area contributed by atoms with Crippen molar-refractivity contribution in [2.24, 2.45) is 0 Å². The maximum atomic E-state index is 13.5. The van der Waals surface area contributed by atoms with E-state index in [0.29, 0.717) is 6.42 Å². The molecular formula is C43H53N3O9S. The summed E-state index contributed by atoms with van der Waals surface area (Å²) in [5.74, 6) is -1.19. The first-order valence-corrected chi connectivity index (χ1v) is 19.7. The molecule has 4 aromatic rings. The average molecular weight is 788 g/mol. The highest BCUT2D eigenvalue weighted by molar-refractivity contribution is 8.00. The minimum absolute atomic E-state index is 0.0191. The fourth-order valence-corrected chi connectivity index (χ4v) is 7.71. The van der Waals surface area contributed by atoms with Crippen molar-refractivity contribution < 1.29 is 37.5 Å². The van der Waals surface area contributed by atoms with Crippen LogP contribution in [0.2, 0.25) is 0 Å². The molecule has 1 heterocycles. The molecule has 13 heteroatoms. The number of hydrogen-bond donors (Lipinski definition) is 1. The first kappa shape index (κ1) is 43.4. The average Bonchev–Trinajstić information content (AvgIpc) is 3.51. The third-order valence-electron chi connectivity index (χ3n) is 9.06. The first-order valence-electron chi connectivity index (χ1n) is 18.7. The Morgan fingerprint density at radius 2 is 1.36 bits per heavy atom. The largest absolute Gasteiger partial charge is 0.519 e. The standard InChI is InChI=1S/C43H53N3O9S/c1-31-36(54-41(51)53-31)30-52-40(50)45(5)27-26-44-39(49)35(29-38(48)55-42(2,3)4)46(6)37(47)25-17-10-18-28-56-43(32-19-11-7-12-20-32,33-21-13-8-14-22-33)34-23-15-9-16-24-34/h7-9,11-16,19-24,35H,10,17-18,25-30H2,1-6H3,(H,44,49)/t35-/m0/s1. The Morgan fingerprint density at radius 3 is 1.86 bits per heavy atom. The highest BCUT2D eigenvalue weighted by Gasteiger charge is 2.37. The van der Waals surface area contributed by atoms with Crippen molar-refractivity contribution in [3.05, 3.63) is 130 Å². The van der Waals surface area contributed by atoms with Crippen LogP contribution in [0.5, 0.6) is 0 Å². The number of hydrogen-bond acceptors (Lipinski definition) is 10. The molecule has 0 bridgehead atoms. The summed E-state index contributed by atoms with van der Waals surface area (Å²) in [5.41, 5.74) is 2.79. The maximum Gasteiger partial charge on any atom is 0.519 e. The molecule has 0 aliphatic rings. The van der Waals surface area contributed by atoms with Crippen molar-refractivity contribution in [3.63, 3.8) is 0 Å². The molecular weight excluding hydrogens is 735 g/mol. The molecule has 0 fully saturated rings. The second-order valence-corrected chi connectivity index (χ2v) is 15.8. The van der Waals surface area contributed by atoms with Gasteiger partial charge in [0, 0.05) is 33.6 Å². The van der Waals surface area contributed by atoms with Crippen LogP contribution in [0.3, 0.4) is 0 Å². The molecule has 1 N–H and O–H groups in total. The zero-order valence-electron chi connectivity index (χ0n) is 33.1. The van der Waals surface area contributed by atoms with Gasteiger partial charge < -0.3 is 33.4 Å². The van der Waals surface area contributed by atoms with Gasteiger partial charge in [0.2, 0.25) is 11.8 Å². The number of nitrogens with one attached hydrogen (secondary N) is 1. The van der Waals surface area contributed by atoms with Crippen LogP contribution in [-0.2, 0) is 35.2 Å². The molecule has 0 radical (unpaired) electrons. The van der Waals surface area contributed by atoms with Gasteiger partial charge in [-0.15, -0.1) is 11.8 Å². The predicted molar refractivity (Wildman–Crippen MR) is 215 cm³/mol. The van der Waals surface area contributed by atoms with E-state index in [9.17, 15) is 24.0 Å². The fourth-order valence-electron chi connectivity index (χ4n) is 6.15. The zero-order valence-corrected chi connectivity index (χ0v) is 33.9. The quantitative estimate of drug-likeness (QED) is 0.0595. The van der Waals surface area contributed by atoms with Gasteiger partial charge in [-0.05, 0) is 63.0 Å². The number of benzene rings is 3. The summed E-state index contributed by atoms with van der Waals surface area (Å²) < 4.78 is 19.8. The number of amides is 3. The van der Waals surface area contributed by atoms with Gasteiger partial charge in [-0.2, -0.15) is 0 Å². The second-order valence-electron chi connectivity index (χ2n) is 14.5. The second kappa shape index (κ2) is 20.6. The van der Waals surface area contributed by atoms with Crippen LogP contribution in [0.4, 0.5) is 4.79 Å². The fraction of sp³-hybridized carbons (Fsp3) is 0.419. The van der Waals surface area contributed by atoms with Crippen molar-refractivity contribution in [1.82, 2.24) is 15.1 Å². The highest BCUT2D eigenvalue weighted by atomic mass is 32.2. The van der Waals surface area contributed by atoms with Crippen molar-refractivity contribution in [2.45, 2.75) is 82.8 Å². The lowest BCUT2D eigenvalue weighted by Crippen LogP contribution is -2.50. The Hall–Kier alpha value is -5.30. The lowest BCUT2D eigenvalue weighted by molar-refractivity contribution is -0.158. The Bertz CT molecular complexity index is 1830. The molecule has 3 aromatic carbocycles. The lowest BCUT2D eigenvalue weighted by atomic mass is 9.84. The van der Waals surface area contributed by atoms with Crippen molar-refractivity contribution >= 4 is 35.6 Å². The Balaban J connectivity index is 1.33. The number of carbonyl (C=O) groups is 4. The van der Waals surface area contributed by atoms with E-state index in [1.807, 2.05) is 30.0 Å². The maximum absolute atomic E-state index is 13.5. The summed E-state index contributed by atoms with van der Waals surface area (Å²) in [6.07, 6.45) is 1.40. The molecule has 1 aromatic heterocycles. The molecule has 0 spiro atoms. The molecule has 300 valence electrons. The monoisotopic (exact) mass is 787 g/mol. The van der Waals surface area contributed by atoms with Crippen molar-refractivity contribution in [2.75, 3.05) is 32.9 Å². The van der Waals surface area contributed by atoms with E-state index in [1.54, 1.807) is 20.8 Å². The summed E-state index contributed by atoms with van der Waals surface area (Å²) in [7, 11) is 2.99. The summed E-state index contributed by atoms with van der Waals surface area (Å²) in [6.45, 7) is 6.48. The molecule has 0 saturated carbocycles. The number of esters is 1. The minimum atomic E-state index is -1.12. The van der Waals surface area contributed by atoms with E-state index in [4.69, 9.17) is 18.3 Å². The molecule has 4 rings (SSSR count). The van der Waals surface area contributed by atoms with Gasteiger partial charge >= 0.3 is 17.9 Å². The van der Waals surface area contributed by atoms with Gasteiger partial charge in [-0.3, -0.25) is 14.4 Å². The van der Waals surface area contributed by atoms with Crippen LogP contribution in [0.1, 0.15) is 81.1 Å². The van der Waals surface area contributed by atoms with E-state index in [2.05, 4.69) is 78.1 Å². The molecule has 12 nitrogen and oxygen atoms in total. The number of unbranched alkanes of at least 4 members (excludes halogenated alkanes) is 2. The molecule has 0 unspecified atom stereocenters. The van der Waals surface area contributed by atoms with Crippen LogP contribution >= 0.6 is 11.8 Å². The Morgan fingerprint density at radius 1 is 0.804 bits per heavy atom. The molecule has 0 aliphatic carbocycles. The van der Waals surface area contributed by atoms with Crippen LogP contribution in [0, 0.1) is 6.92 Å². The molecule has 0 saturated heterocycles. The van der Waals surface area contributed by atoms with Crippen molar-refractivity contribution in [1.29, 1.82) is 0 Å². The SMILES string of the molecule is Cc1oc(=O)oc1COC(=O)N(C)CCNC(=O)[C@H](CC(=O)OC(C)(C)C)N(C)C(=O)CCCCCSC(c1ccccc1)(c1ccccc1)c1ccccc1. The molecule has 3 amide bonds. The number of aryl methyl sites for hydroxylation is 1. The van der Waals surface area contributed by atoms with E-state index in [-0.39, 0.29) is 50.0 Å². The number of rotatable bonds is 19. The van der Waals surface area contributed by atoms with Crippen LogP contribution < -0.4 is 11.1 Å². The normalized spacial score (nSPS) is 12.0. The number of ether oxygens (including phenoxy) is 2. The van der Waals surface area contributed by atoms with Gasteiger partial charge in [0.05, 0.1) is 11.2 Å². The van der Waals surface area contributed by atoms with Gasteiger partial charge in [0.15, 0.2) is 18.1 Å².